The monoisotopic (exact) mass is 394 g/mol. The highest BCUT2D eigenvalue weighted by Crippen LogP contribution is 2.12. The summed E-state index contributed by atoms with van der Waals surface area (Å²) in [7, 11) is 0. The van der Waals surface area contributed by atoms with E-state index < -0.39 is 0 Å². The minimum absolute atomic E-state index is 0.0491. The largest absolute Gasteiger partial charge is 0.340 e. The smallest absolute Gasteiger partial charge is 0.253 e. The lowest BCUT2D eigenvalue weighted by atomic mass is 10.2. The standard InChI is InChI=1S/C20H31ClN4O2/c1-3-23(4-2)15-16-25(20(27)17-5-7-18(21)8-6-17)12-9-19(26)24-13-10-22-11-14-24/h5-8,22H,3-4,9-16H2,1-2H3. The molecule has 0 unspecified atom stereocenters. The van der Waals surface area contributed by atoms with E-state index in [9.17, 15) is 9.59 Å². The van der Waals surface area contributed by atoms with Gasteiger partial charge in [0, 0.05) is 62.8 Å². The van der Waals surface area contributed by atoms with Gasteiger partial charge in [-0.15, -0.1) is 0 Å². The van der Waals surface area contributed by atoms with Crippen LogP contribution in [0.4, 0.5) is 0 Å². The minimum atomic E-state index is -0.0491. The van der Waals surface area contributed by atoms with Crippen LogP contribution in [0, 0.1) is 0 Å². The van der Waals surface area contributed by atoms with Crippen LogP contribution in [0.5, 0.6) is 0 Å². The molecular formula is C20H31ClN4O2. The summed E-state index contributed by atoms with van der Waals surface area (Å²) in [6.07, 6.45) is 0.359. The van der Waals surface area contributed by atoms with Crippen molar-refractivity contribution in [2.75, 3.05) is 58.9 Å². The third kappa shape index (κ3) is 6.79. The molecule has 1 aromatic carbocycles. The fourth-order valence-electron chi connectivity index (χ4n) is 3.19. The lowest BCUT2D eigenvalue weighted by Crippen LogP contribution is -2.47. The number of hydrogen-bond acceptors (Lipinski definition) is 4. The molecule has 1 aliphatic rings. The Morgan fingerprint density at radius 3 is 2.26 bits per heavy atom. The first-order valence-corrected chi connectivity index (χ1v) is 10.2. The van der Waals surface area contributed by atoms with Crippen LogP contribution in [0.15, 0.2) is 24.3 Å². The van der Waals surface area contributed by atoms with Gasteiger partial charge in [0.25, 0.3) is 5.91 Å². The molecular weight excluding hydrogens is 364 g/mol. The molecule has 1 heterocycles. The number of halogens is 1. The number of nitrogens with zero attached hydrogens (tertiary/aromatic N) is 3. The quantitative estimate of drug-likeness (QED) is 0.695. The van der Waals surface area contributed by atoms with Crippen molar-refractivity contribution in [3.05, 3.63) is 34.9 Å². The highest BCUT2D eigenvalue weighted by molar-refractivity contribution is 6.30. The zero-order valence-electron chi connectivity index (χ0n) is 16.4. The van der Waals surface area contributed by atoms with E-state index in [0.717, 1.165) is 45.8 Å². The number of benzene rings is 1. The average molecular weight is 395 g/mol. The maximum atomic E-state index is 13.0. The number of rotatable bonds is 9. The Labute approximate surface area is 167 Å². The second kappa shape index (κ2) is 11.3. The van der Waals surface area contributed by atoms with Crippen molar-refractivity contribution < 1.29 is 9.59 Å². The first-order valence-electron chi connectivity index (χ1n) is 9.80. The molecule has 0 bridgehead atoms. The summed E-state index contributed by atoms with van der Waals surface area (Å²) in [6.45, 7) is 11.1. The lowest BCUT2D eigenvalue weighted by Gasteiger charge is -2.30. The molecule has 2 amide bonds. The van der Waals surface area contributed by atoms with Crippen LogP contribution in [0.25, 0.3) is 0 Å². The molecule has 27 heavy (non-hydrogen) atoms. The van der Waals surface area contributed by atoms with Gasteiger partial charge in [-0.1, -0.05) is 25.4 Å². The molecule has 0 spiro atoms. The summed E-state index contributed by atoms with van der Waals surface area (Å²) >= 11 is 5.94. The van der Waals surface area contributed by atoms with Crippen LogP contribution in [0.3, 0.4) is 0 Å². The number of piperazine rings is 1. The van der Waals surface area contributed by atoms with E-state index in [1.54, 1.807) is 29.2 Å². The Hall–Kier alpha value is -1.63. The first-order chi connectivity index (χ1) is 13.0. The van der Waals surface area contributed by atoms with Crippen molar-refractivity contribution in [1.29, 1.82) is 0 Å². The molecule has 7 heteroatoms. The Balaban J connectivity index is 2.00. The Kier molecular flexibility index (Phi) is 9.04. The maximum Gasteiger partial charge on any atom is 0.253 e. The second-order valence-corrected chi connectivity index (χ2v) is 7.14. The average Bonchev–Trinajstić information content (AvgIpc) is 2.71. The van der Waals surface area contributed by atoms with Gasteiger partial charge in [-0.05, 0) is 37.4 Å². The van der Waals surface area contributed by atoms with Gasteiger partial charge in [-0.3, -0.25) is 9.59 Å². The number of hydrogen-bond donors (Lipinski definition) is 1. The molecule has 1 saturated heterocycles. The summed E-state index contributed by atoms with van der Waals surface area (Å²) in [5.74, 6) is 0.0696. The van der Waals surface area contributed by atoms with Gasteiger partial charge in [0.1, 0.15) is 0 Å². The number of amides is 2. The molecule has 6 nitrogen and oxygen atoms in total. The summed E-state index contributed by atoms with van der Waals surface area (Å²) in [6, 6.07) is 6.94. The van der Waals surface area contributed by atoms with Crippen molar-refractivity contribution in [3.63, 3.8) is 0 Å². The molecule has 1 aromatic rings. The summed E-state index contributed by atoms with van der Waals surface area (Å²) in [4.78, 5) is 31.4. The summed E-state index contributed by atoms with van der Waals surface area (Å²) in [5.41, 5.74) is 0.605. The Bertz CT molecular complexity index is 599. The van der Waals surface area contributed by atoms with Crippen molar-refractivity contribution in [2.24, 2.45) is 0 Å². The summed E-state index contributed by atoms with van der Waals surface area (Å²) in [5, 5.41) is 3.86. The normalized spacial score (nSPS) is 14.4. The van der Waals surface area contributed by atoms with Gasteiger partial charge in [0.05, 0.1) is 0 Å². The zero-order valence-corrected chi connectivity index (χ0v) is 17.2. The molecule has 2 rings (SSSR count). The topological polar surface area (TPSA) is 55.9 Å². The SMILES string of the molecule is CCN(CC)CCN(CCC(=O)N1CCNCC1)C(=O)c1ccc(Cl)cc1. The van der Waals surface area contributed by atoms with E-state index in [-0.39, 0.29) is 11.8 Å². The minimum Gasteiger partial charge on any atom is -0.340 e. The van der Waals surface area contributed by atoms with Gasteiger partial charge in [0.15, 0.2) is 0 Å². The van der Waals surface area contributed by atoms with Gasteiger partial charge < -0.3 is 20.0 Å². The molecule has 150 valence electrons. The van der Waals surface area contributed by atoms with E-state index in [0.29, 0.717) is 30.1 Å². The highest BCUT2D eigenvalue weighted by Gasteiger charge is 2.21. The van der Waals surface area contributed by atoms with Gasteiger partial charge in [0.2, 0.25) is 5.91 Å². The van der Waals surface area contributed by atoms with Crippen LogP contribution < -0.4 is 5.32 Å². The van der Waals surface area contributed by atoms with Crippen LogP contribution in [-0.2, 0) is 4.79 Å². The molecule has 0 atom stereocenters. The fourth-order valence-corrected chi connectivity index (χ4v) is 3.32. The van der Waals surface area contributed by atoms with E-state index in [4.69, 9.17) is 11.6 Å². The lowest BCUT2D eigenvalue weighted by molar-refractivity contribution is -0.131. The van der Waals surface area contributed by atoms with E-state index >= 15 is 0 Å². The zero-order chi connectivity index (χ0) is 19.6. The highest BCUT2D eigenvalue weighted by atomic mass is 35.5. The van der Waals surface area contributed by atoms with Gasteiger partial charge in [-0.2, -0.15) is 0 Å². The second-order valence-electron chi connectivity index (χ2n) is 6.71. The van der Waals surface area contributed by atoms with E-state index in [1.807, 2.05) is 4.90 Å². The third-order valence-electron chi connectivity index (χ3n) is 5.02. The van der Waals surface area contributed by atoms with E-state index in [2.05, 4.69) is 24.1 Å². The molecule has 1 aliphatic heterocycles. The van der Waals surface area contributed by atoms with Crippen LogP contribution in [0.2, 0.25) is 5.02 Å². The fraction of sp³-hybridized carbons (Fsp3) is 0.600. The van der Waals surface area contributed by atoms with Crippen molar-refractivity contribution in [1.82, 2.24) is 20.0 Å². The van der Waals surface area contributed by atoms with Crippen molar-refractivity contribution in [2.45, 2.75) is 20.3 Å². The van der Waals surface area contributed by atoms with Crippen LogP contribution in [-0.4, -0.2) is 85.4 Å². The number of likely N-dealkylation sites (N-methyl/N-ethyl adjacent to an activating group) is 1. The number of carbonyl (C=O) groups is 2. The molecule has 0 aliphatic carbocycles. The number of nitrogens with one attached hydrogen (secondary N) is 1. The molecule has 0 saturated carbocycles. The summed E-state index contributed by atoms with van der Waals surface area (Å²) < 4.78 is 0. The van der Waals surface area contributed by atoms with Gasteiger partial charge >= 0.3 is 0 Å². The number of carbonyl (C=O) groups excluding carboxylic acids is 2. The van der Waals surface area contributed by atoms with Gasteiger partial charge in [-0.25, -0.2) is 0 Å². The van der Waals surface area contributed by atoms with Crippen LogP contribution in [0.1, 0.15) is 30.6 Å². The Morgan fingerprint density at radius 1 is 1.04 bits per heavy atom. The third-order valence-corrected chi connectivity index (χ3v) is 5.28. The molecule has 0 radical (unpaired) electrons. The molecule has 1 N–H and O–H groups in total. The predicted molar refractivity (Wildman–Crippen MR) is 109 cm³/mol. The Morgan fingerprint density at radius 2 is 1.67 bits per heavy atom. The molecule has 1 fully saturated rings. The first kappa shape index (κ1) is 21.7. The van der Waals surface area contributed by atoms with Crippen molar-refractivity contribution in [3.8, 4) is 0 Å². The maximum absolute atomic E-state index is 13.0. The van der Waals surface area contributed by atoms with Crippen LogP contribution >= 0.6 is 11.6 Å². The van der Waals surface area contributed by atoms with Crippen molar-refractivity contribution >= 4 is 23.4 Å². The molecule has 0 aromatic heterocycles. The van der Waals surface area contributed by atoms with E-state index in [1.165, 1.54) is 0 Å². The predicted octanol–water partition coefficient (Wildman–Crippen LogP) is 1.95.